The van der Waals surface area contributed by atoms with Crippen molar-refractivity contribution in [1.82, 2.24) is 9.97 Å². The van der Waals surface area contributed by atoms with Crippen LogP contribution in [0.5, 0.6) is 0 Å². The molecule has 0 unspecified atom stereocenters. The zero-order valence-corrected chi connectivity index (χ0v) is 11.9. The van der Waals surface area contributed by atoms with Gasteiger partial charge in [0.1, 0.15) is 6.33 Å². The lowest BCUT2D eigenvalue weighted by molar-refractivity contribution is -0.383. The van der Waals surface area contributed by atoms with E-state index in [2.05, 4.69) is 20.6 Å². The maximum Gasteiger partial charge on any atom is 0.353 e. The number of aromatic nitrogens is 2. The van der Waals surface area contributed by atoms with Gasteiger partial charge in [0.2, 0.25) is 11.6 Å². The third kappa shape index (κ3) is 4.96. The summed E-state index contributed by atoms with van der Waals surface area (Å²) >= 11 is 0. The lowest BCUT2D eigenvalue weighted by atomic mass is 10.2. The summed E-state index contributed by atoms with van der Waals surface area (Å²) in [5.74, 6) is 0.502. The molecule has 112 valence electrons. The molecular weight excluding hydrogens is 262 g/mol. The van der Waals surface area contributed by atoms with Crippen molar-refractivity contribution >= 4 is 17.3 Å². The van der Waals surface area contributed by atoms with Crippen LogP contribution in [-0.4, -0.2) is 41.7 Å². The zero-order chi connectivity index (χ0) is 14.8. The summed E-state index contributed by atoms with van der Waals surface area (Å²) in [7, 11) is 1.67. The molecule has 0 radical (unpaired) electrons. The first-order valence-electron chi connectivity index (χ1n) is 6.66. The molecule has 0 aromatic carbocycles. The van der Waals surface area contributed by atoms with Crippen molar-refractivity contribution in [3.8, 4) is 0 Å². The van der Waals surface area contributed by atoms with E-state index in [0.717, 1.165) is 25.9 Å². The van der Waals surface area contributed by atoms with Gasteiger partial charge in [-0.3, -0.25) is 10.1 Å². The SMILES string of the molecule is CCNc1ncnc(NCCCCCOC)c1[N+](=O)[O-]. The second kappa shape index (κ2) is 9.03. The van der Waals surface area contributed by atoms with Gasteiger partial charge >= 0.3 is 5.69 Å². The molecule has 0 fully saturated rings. The van der Waals surface area contributed by atoms with Crippen LogP contribution < -0.4 is 10.6 Å². The van der Waals surface area contributed by atoms with Crippen LogP contribution in [0.25, 0.3) is 0 Å². The van der Waals surface area contributed by atoms with Crippen LogP contribution in [0.2, 0.25) is 0 Å². The molecule has 2 N–H and O–H groups in total. The number of unbranched alkanes of at least 4 members (excludes halogenated alkanes) is 2. The molecule has 8 heteroatoms. The molecule has 1 heterocycles. The number of anilines is 2. The highest BCUT2D eigenvalue weighted by molar-refractivity contribution is 5.69. The van der Waals surface area contributed by atoms with Crippen molar-refractivity contribution in [2.24, 2.45) is 0 Å². The van der Waals surface area contributed by atoms with E-state index in [1.165, 1.54) is 6.33 Å². The Morgan fingerprint density at radius 1 is 1.25 bits per heavy atom. The van der Waals surface area contributed by atoms with E-state index in [4.69, 9.17) is 4.74 Å². The molecule has 20 heavy (non-hydrogen) atoms. The quantitative estimate of drug-likeness (QED) is 0.385. The van der Waals surface area contributed by atoms with Gasteiger partial charge in [-0.2, -0.15) is 0 Å². The smallest absolute Gasteiger partial charge is 0.353 e. The number of nitro groups is 1. The van der Waals surface area contributed by atoms with Gasteiger partial charge in [0.05, 0.1) is 4.92 Å². The summed E-state index contributed by atoms with van der Waals surface area (Å²) in [6.07, 6.45) is 4.20. The molecule has 1 rings (SSSR count). The van der Waals surface area contributed by atoms with Crippen LogP contribution in [0.15, 0.2) is 6.33 Å². The van der Waals surface area contributed by atoms with E-state index in [1.54, 1.807) is 7.11 Å². The molecule has 1 aromatic heterocycles. The molecule has 0 aliphatic heterocycles. The van der Waals surface area contributed by atoms with Gasteiger partial charge in [0, 0.05) is 26.8 Å². The largest absolute Gasteiger partial charge is 0.385 e. The van der Waals surface area contributed by atoms with Crippen molar-refractivity contribution in [3.63, 3.8) is 0 Å². The molecule has 0 saturated carbocycles. The number of nitrogens with one attached hydrogen (secondary N) is 2. The van der Waals surface area contributed by atoms with Crippen molar-refractivity contribution in [1.29, 1.82) is 0 Å². The van der Waals surface area contributed by atoms with E-state index in [1.807, 2.05) is 6.92 Å². The maximum atomic E-state index is 11.1. The number of ether oxygens (including phenoxy) is 1. The second-order valence-corrected chi connectivity index (χ2v) is 4.19. The fourth-order valence-corrected chi connectivity index (χ4v) is 1.73. The highest BCUT2D eigenvalue weighted by Gasteiger charge is 2.21. The zero-order valence-electron chi connectivity index (χ0n) is 11.9. The number of methoxy groups -OCH3 is 1. The summed E-state index contributed by atoms with van der Waals surface area (Å²) in [6.45, 7) is 3.79. The first-order chi connectivity index (χ1) is 9.70. The minimum absolute atomic E-state index is 0.105. The van der Waals surface area contributed by atoms with Crippen molar-refractivity contribution < 1.29 is 9.66 Å². The maximum absolute atomic E-state index is 11.1. The van der Waals surface area contributed by atoms with Gasteiger partial charge in [-0.15, -0.1) is 0 Å². The Kier molecular flexibility index (Phi) is 7.26. The lowest BCUT2D eigenvalue weighted by Crippen LogP contribution is -2.10. The summed E-state index contributed by atoms with van der Waals surface area (Å²) in [5.41, 5.74) is -0.105. The Balaban J connectivity index is 2.60. The summed E-state index contributed by atoms with van der Waals surface area (Å²) < 4.78 is 4.96. The highest BCUT2D eigenvalue weighted by Crippen LogP contribution is 2.28. The van der Waals surface area contributed by atoms with Crippen LogP contribution in [0.3, 0.4) is 0 Å². The van der Waals surface area contributed by atoms with Gasteiger partial charge in [0.15, 0.2) is 0 Å². The van der Waals surface area contributed by atoms with E-state index < -0.39 is 4.92 Å². The van der Waals surface area contributed by atoms with Crippen LogP contribution >= 0.6 is 0 Å². The van der Waals surface area contributed by atoms with E-state index >= 15 is 0 Å². The molecule has 0 aliphatic rings. The summed E-state index contributed by atoms with van der Waals surface area (Å²) in [6, 6.07) is 0. The minimum Gasteiger partial charge on any atom is -0.385 e. The summed E-state index contributed by atoms with van der Waals surface area (Å²) in [5, 5.41) is 17.0. The van der Waals surface area contributed by atoms with Crippen LogP contribution in [0.4, 0.5) is 17.3 Å². The van der Waals surface area contributed by atoms with Crippen LogP contribution in [0.1, 0.15) is 26.2 Å². The Labute approximate surface area is 118 Å². The van der Waals surface area contributed by atoms with Gasteiger partial charge in [0.25, 0.3) is 0 Å². The molecule has 0 atom stereocenters. The number of rotatable bonds is 10. The number of hydrogen-bond acceptors (Lipinski definition) is 7. The average Bonchev–Trinajstić information content (AvgIpc) is 2.43. The Bertz CT molecular complexity index is 428. The first kappa shape index (κ1) is 16.1. The fourth-order valence-electron chi connectivity index (χ4n) is 1.73. The average molecular weight is 283 g/mol. The molecule has 0 spiro atoms. The first-order valence-corrected chi connectivity index (χ1v) is 6.66. The van der Waals surface area contributed by atoms with Crippen molar-refractivity contribution in [2.45, 2.75) is 26.2 Å². The fraction of sp³-hybridized carbons (Fsp3) is 0.667. The summed E-state index contributed by atoms with van der Waals surface area (Å²) in [4.78, 5) is 18.5. The van der Waals surface area contributed by atoms with Gasteiger partial charge < -0.3 is 15.4 Å². The molecule has 0 saturated heterocycles. The van der Waals surface area contributed by atoms with Crippen LogP contribution in [0, 0.1) is 10.1 Å². The lowest BCUT2D eigenvalue weighted by Gasteiger charge is -2.08. The van der Waals surface area contributed by atoms with Crippen molar-refractivity contribution in [2.75, 3.05) is 37.4 Å². The second-order valence-electron chi connectivity index (χ2n) is 4.19. The monoisotopic (exact) mass is 283 g/mol. The third-order valence-electron chi connectivity index (χ3n) is 2.67. The minimum atomic E-state index is -0.467. The van der Waals surface area contributed by atoms with Crippen LogP contribution in [-0.2, 0) is 4.74 Å². The van der Waals surface area contributed by atoms with Gasteiger partial charge in [-0.05, 0) is 26.2 Å². The van der Waals surface area contributed by atoms with Gasteiger partial charge in [-0.25, -0.2) is 9.97 Å². The predicted molar refractivity (Wildman–Crippen MR) is 77.1 cm³/mol. The number of hydrogen-bond donors (Lipinski definition) is 2. The Hall–Kier alpha value is -1.96. The number of nitrogens with zero attached hydrogens (tertiary/aromatic N) is 3. The third-order valence-corrected chi connectivity index (χ3v) is 2.67. The van der Waals surface area contributed by atoms with Crippen molar-refractivity contribution in [3.05, 3.63) is 16.4 Å². The molecule has 0 bridgehead atoms. The molecule has 0 amide bonds. The van der Waals surface area contributed by atoms with E-state index in [9.17, 15) is 10.1 Å². The predicted octanol–water partition coefficient (Wildman–Crippen LogP) is 2.05. The molecule has 0 aliphatic carbocycles. The normalized spacial score (nSPS) is 10.3. The molecular formula is C12H21N5O3. The highest BCUT2D eigenvalue weighted by atomic mass is 16.6. The standard InChI is InChI=1S/C12H21N5O3/c1-3-13-11-10(17(18)19)12(16-9-15-11)14-7-5-4-6-8-20-2/h9H,3-8H2,1-2H3,(H2,13,14,15,16). The Morgan fingerprint density at radius 2 is 1.95 bits per heavy atom. The molecule has 1 aromatic rings. The topological polar surface area (TPSA) is 102 Å². The Morgan fingerprint density at radius 3 is 2.55 bits per heavy atom. The van der Waals surface area contributed by atoms with E-state index in [0.29, 0.717) is 13.1 Å². The molecule has 8 nitrogen and oxygen atoms in total. The van der Waals surface area contributed by atoms with E-state index in [-0.39, 0.29) is 17.3 Å². The van der Waals surface area contributed by atoms with Gasteiger partial charge in [-0.1, -0.05) is 0 Å².